The van der Waals surface area contributed by atoms with E-state index in [9.17, 15) is 9.59 Å². The molecule has 1 amide bonds. The van der Waals surface area contributed by atoms with E-state index in [2.05, 4.69) is 15.5 Å². The first kappa shape index (κ1) is 17.1. The maximum Gasteiger partial charge on any atom is 0.328 e. The Bertz CT molecular complexity index is 515. The van der Waals surface area contributed by atoms with Crippen LogP contribution < -0.4 is 5.32 Å². The molecule has 21 heavy (non-hydrogen) atoms. The van der Waals surface area contributed by atoms with Crippen LogP contribution in [0, 0.1) is 0 Å². The van der Waals surface area contributed by atoms with Crippen molar-refractivity contribution in [2.45, 2.75) is 64.8 Å². The summed E-state index contributed by atoms with van der Waals surface area (Å²) in [6.45, 7) is 8.86. The Morgan fingerprint density at radius 1 is 1.24 bits per heavy atom. The van der Waals surface area contributed by atoms with Crippen molar-refractivity contribution < 1.29 is 19.2 Å². The van der Waals surface area contributed by atoms with Gasteiger partial charge in [-0.3, -0.25) is 4.79 Å². The number of carboxylic acids is 1. The van der Waals surface area contributed by atoms with Gasteiger partial charge in [0.2, 0.25) is 11.8 Å². The summed E-state index contributed by atoms with van der Waals surface area (Å²) >= 11 is 0. The molecular formula is C14H23N3O4. The Hall–Kier alpha value is -1.92. The fourth-order valence-electron chi connectivity index (χ4n) is 1.53. The summed E-state index contributed by atoms with van der Waals surface area (Å²) in [5, 5.41) is 15.3. The van der Waals surface area contributed by atoms with Crippen molar-refractivity contribution in [2.24, 2.45) is 0 Å². The van der Waals surface area contributed by atoms with Crippen LogP contribution in [0.2, 0.25) is 0 Å². The molecule has 0 aliphatic carbocycles. The van der Waals surface area contributed by atoms with Gasteiger partial charge in [0.25, 0.3) is 0 Å². The Balaban J connectivity index is 2.42. The maximum atomic E-state index is 11.7. The number of carbonyl (C=O) groups excluding carboxylic acids is 1. The van der Waals surface area contributed by atoms with Gasteiger partial charge in [-0.1, -0.05) is 25.9 Å². The van der Waals surface area contributed by atoms with Gasteiger partial charge in [0.15, 0.2) is 5.82 Å². The summed E-state index contributed by atoms with van der Waals surface area (Å²) in [4.78, 5) is 26.9. The minimum absolute atomic E-state index is 0.176. The molecule has 7 heteroatoms. The lowest BCUT2D eigenvalue weighted by molar-refractivity contribution is -0.146. The third-order valence-corrected chi connectivity index (χ3v) is 2.92. The summed E-state index contributed by atoms with van der Waals surface area (Å²) in [6, 6.07) is 0. The smallest absolute Gasteiger partial charge is 0.328 e. The standard InChI is InChI=1S/C14H23N3O4/c1-13(2,3)11-15-10(21-17-11)8-6-7-9(18)16-14(4,5)12(19)20/h6-8H2,1-5H3,(H,16,18)(H,19,20). The van der Waals surface area contributed by atoms with Crippen LogP contribution in [-0.2, 0) is 21.4 Å². The molecule has 1 aromatic heterocycles. The van der Waals surface area contributed by atoms with Gasteiger partial charge in [-0.15, -0.1) is 0 Å². The lowest BCUT2D eigenvalue weighted by Crippen LogP contribution is -2.49. The highest BCUT2D eigenvalue weighted by atomic mass is 16.5. The third-order valence-electron chi connectivity index (χ3n) is 2.92. The second kappa shape index (κ2) is 6.24. The fourth-order valence-corrected chi connectivity index (χ4v) is 1.53. The molecule has 1 aromatic rings. The summed E-state index contributed by atoms with van der Waals surface area (Å²) in [6.07, 6.45) is 1.22. The fraction of sp³-hybridized carbons (Fsp3) is 0.714. The van der Waals surface area contributed by atoms with Gasteiger partial charge in [0.1, 0.15) is 5.54 Å². The van der Waals surface area contributed by atoms with Crippen molar-refractivity contribution in [2.75, 3.05) is 0 Å². The molecule has 0 saturated heterocycles. The number of carboxylic acid groups (broad SMARTS) is 1. The van der Waals surface area contributed by atoms with Crippen LogP contribution >= 0.6 is 0 Å². The number of aromatic nitrogens is 2. The van der Waals surface area contributed by atoms with Crippen LogP contribution in [0.4, 0.5) is 0 Å². The molecule has 0 unspecified atom stereocenters. The Kier molecular flexibility index (Phi) is 5.09. The molecule has 0 aromatic carbocycles. The third kappa shape index (κ3) is 5.17. The SMILES string of the molecule is CC(C)(NC(=O)CCCc1nc(C(C)(C)C)no1)C(=O)O. The average Bonchev–Trinajstić information content (AvgIpc) is 2.76. The number of hydrogen-bond acceptors (Lipinski definition) is 5. The average molecular weight is 297 g/mol. The highest BCUT2D eigenvalue weighted by molar-refractivity contribution is 5.86. The lowest BCUT2D eigenvalue weighted by atomic mass is 9.96. The number of carbonyl (C=O) groups is 2. The summed E-state index contributed by atoms with van der Waals surface area (Å²) < 4.78 is 5.13. The molecule has 7 nitrogen and oxygen atoms in total. The number of amides is 1. The molecule has 0 bridgehead atoms. The Morgan fingerprint density at radius 2 is 1.86 bits per heavy atom. The van der Waals surface area contributed by atoms with Gasteiger partial charge >= 0.3 is 5.97 Å². The van der Waals surface area contributed by atoms with Gasteiger partial charge in [-0.05, 0) is 20.3 Å². The zero-order valence-corrected chi connectivity index (χ0v) is 13.2. The van der Waals surface area contributed by atoms with E-state index in [1.807, 2.05) is 20.8 Å². The van der Waals surface area contributed by atoms with Crippen molar-refractivity contribution >= 4 is 11.9 Å². The van der Waals surface area contributed by atoms with Crippen LogP contribution in [0.5, 0.6) is 0 Å². The largest absolute Gasteiger partial charge is 0.480 e. The highest BCUT2D eigenvalue weighted by Crippen LogP contribution is 2.18. The van der Waals surface area contributed by atoms with E-state index < -0.39 is 11.5 Å². The molecule has 118 valence electrons. The zero-order valence-electron chi connectivity index (χ0n) is 13.2. The summed E-state index contributed by atoms with van der Waals surface area (Å²) in [7, 11) is 0. The number of nitrogens with one attached hydrogen (secondary N) is 1. The van der Waals surface area contributed by atoms with E-state index in [0.29, 0.717) is 24.6 Å². The van der Waals surface area contributed by atoms with E-state index in [1.54, 1.807) is 0 Å². The van der Waals surface area contributed by atoms with Crippen LogP contribution in [0.1, 0.15) is 59.2 Å². The molecule has 1 heterocycles. The van der Waals surface area contributed by atoms with E-state index in [0.717, 1.165) is 0 Å². The molecule has 0 atom stereocenters. The van der Waals surface area contributed by atoms with Crippen molar-refractivity contribution in [3.63, 3.8) is 0 Å². The quantitative estimate of drug-likeness (QED) is 0.827. The molecule has 2 N–H and O–H groups in total. The number of nitrogens with zero attached hydrogens (tertiary/aromatic N) is 2. The Morgan fingerprint density at radius 3 is 2.33 bits per heavy atom. The van der Waals surface area contributed by atoms with Gasteiger partial charge < -0.3 is 14.9 Å². The van der Waals surface area contributed by atoms with Crippen LogP contribution in [0.15, 0.2) is 4.52 Å². The Labute approximate surface area is 124 Å². The zero-order chi connectivity index (χ0) is 16.3. The van der Waals surface area contributed by atoms with Crippen LogP contribution in [0.25, 0.3) is 0 Å². The molecule has 1 rings (SSSR count). The van der Waals surface area contributed by atoms with Crippen molar-refractivity contribution in [1.29, 1.82) is 0 Å². The van der Waals surface area contributed by atoms with E-state index in [1.165, 1.54) is 13.8 Å². The normalized spacial score (nSPS) is 12.2. The van der Waals surface area contributed by atoms with Crippen LogP contribution in [-0.4, -0.2) is 32.7 Å². The second-order valence-corrected chi connectivity index (χ2v) is 6.59. The highest BCUT2D eigenvalue weighted by Gasteiger charge is 2.28. The molecule has 0 spiro atoms. The lowest BCUT2D eigenvalue weighted by Gasteiger charge is -2.20. The van der Waals surface area contributed by atoms with Crippen LogP contribution in [0.3, 0.4) is 0 Å². The summed E-state index contributed by atoms with van der Waals surface area (Å²) in [5.74, 6) is -0.250. The van der Waals surface area contributed by atoms with E-state index in [-0.39, 0.29) is 17.7 Å². The second-order valence-electron chi connectivity index (χ2n) is 6.59. The number of aryl methyl sites for hydroxylation is 1. The number of rotatable bonds is 6. The molecule has 0 fully saturated rings. The van der Waals surface area contributed by atoms with Gasteiger partial charge in [0.05, 0.1) is 0 Å². The molecule has 0 saturated carbocycles. The van der Waals surface area contributed by atoms with Gasteiger partial charge in [-0.25, -0.2) is 4.79 Å². The van der Waals surface area contributed by atoms with Crippen molar-refractivity contribution in [3.8, 4) is 0 Å². The first-order chi connectivity index (χ1) is 9.52. The number of aliphatic carboxylic acids is 1. The minimum atomic E-state index is -1.26. The van der Waals surface area contributed by atoms with Crippen molar-refractivity contribution in [3.05, 3.63) is 11.7 Å². The minimum Gasteiger partial charge on any atom is -0.480 e. The first-order valence-corrected chi connectivity index (χ1v) is 6.90. The summed E-state index contributed by atoms with van der Waals surface area (Å²) in [5.41, 5.74) is -1.44. The maximum absolute atomic E-state index is 11.7. The first-order valence-electron chi connectivity index (χ1n) is 6.90. The monoisotopic (exact) mass is 297 g/mol. The molecule has 0 aliphatic rings. The molecule has 0 radical (unpaired) electrons. The topological polar surface area (TPSA) is 105 Å². The number of hydrogen-bond donors (Lipinski definition) is 2. The van der Waals surface area contributed by atoms with Crippen molar-refractivity contribution in [1.82, 2.24) is 15.5 Å². The van der Waals surface area contributed by atoms with E-state index >= 15 is 0 Å². The molecule has 0 aliphatic heterocycles. The molecular weight excluding hydrogens is 274 g/mol. The predicted octanol–water partition coefficient (Wildman–Crippen LogP) is 1.67. The van der Waals surface area contributed by atoms with Gasteiger partial charge in [-0.2, -0.15) is 4.98 Å². The van der Waals surface area contributed by atoms with Gasteiger partial charge in [0, 0.05) is 18.3 Å². The van der Waals surface area contributed by atoms with E-state index in [4.69, 9.17) is 9.63 Å². The predicted molar refractivity (Wildman–Crippen MR) is 75.8 cm³/mol.